The summed E-state index contributed by atoms with van der Waals surface area (Å²) in [4.78, 5) is 0. The second kappa shape index (κ2) is 4.43. The number of aliphatic hydroxyl groups excluding tert-OH is 2. The number of hydrogen-bond acceptors (Lipinski definition) is 5. The van der Waals surface area contributed by atoms with Crippen LogP contribution >= 0.6 is 11.8 Å². The molecule has 1 fully saturated rings. The first-order valence-electron chi connectivity index (χ1n) is 4.02. The molecule has 0 amide bonds. The van der Waals surface area contributed by atoms with Crippen LogP contribution in [0.2, 0.25) is 0 Å². The van der Waals surface area contributed by atoms with Gasteiger partial charge in [0.15, 0.2) is 0 Å². The lowest BCUT2D eigenvalue weighted by Gasteiger charge is -2.13. The second-order valence-electron chi connectivity index (χ2n) is 2.75. The zero-order valence-corrected chi connectivity index (χ0v) is 7.83. The summed E-state index contributed by atoms with van der Waals surface area (Å²) in [5.41, 5.74) is 5.49. The SMILES string of the molecule is CCS[C@@H]1O[C@H](CO)[C@H](O)[C@H]1N. The van der Waals surface area contributed by atoms with Gasteiger partial charge in [0.05, 0.1) is 12.6 Å². The highest BCUT2D eigenvalue weighted by molar-refractivity contribution is 7.99. The summed E-state index contributed by atoms with van der Waals surface area (Å²) in [5.74, 6) is 0.892. The van der Waals surface area contributed by atoms with Gasteiger partial charge < -0.3 is 20.7 Å². The molecule has 4 nitrogen and oxygen atoms in total. The van der Waals surface area contributed by atoms with E-state index in [9.17, 15) is 5.11 Å². The van der Waals surface area contributed by atoms with E-state index < -0.39 is 12.2 Å². The second-order valence-corrected chi connectivity index (χ2v) is 4.12. The Kier molecular flexibility index (Phi) is 3.79. The minimum Gasteiger partial charge on any atom is -0.394 e. The van der Waals surface area contributed by atoms with Crippen LogP contribution in [0, 0.1) is 0 Å². The van der Waals surface area contributed by atoms with E-state index in [0.717, 1.165) is 5.75 Å². The lowest BCUT2D eigenvalue weighted by molar-refractivity contribution is -0.00282. The van der Waals surface area contributed by atoms with Crippen molar-refractivity contribution in [3.63, 3.8) is 0 Å². The van der Waals surface area contributed by atoms with Crippen LogP contribution in [0.25, 0.3) is 0 Å². The van der Waals surface area contributed by atoms with Gasteiger partial charge in [-0.25, -0.2) is 0 Å². The summed E-state index contributed by atoms with van der Waals surface area (Å²) in [6.07, 6.45) is -1.25. The fourth-order valence-corrected chi connectivity index (χ4v) is 2.15. The number of aliphatic hydroxyl groups is 2. The van der Waals surface area contributed by atoms with E-state index in [-0.39, 0.29) is 18.1 Å². The molecule has 0 aromatic heterocycles. The van der Waals surface area contributed by atoms with Crippen LogP contribution in [-0.2, 0) is 4.74 Å². The first-order valence-corrected chi connectivity index (χ1v) is 5.07. The molecule has 0 aliphatic carbocycles. The van der Waals surface area contributed by atoms with E-state index in [1.165, 1.54) is 0 Å². The lowest BCUT2D eigenvalue weighted by atomic mass is 10.1. The Morgan fingerprint density at radius 1 is 1.58 bits per heavy atom. The number of hydrogen-bond donors (Lipinski definition) is 3. The van der Waals surface area contributed by atoms with Gasteiger partial charge in [0.1, 0.15) is 17.6 Å². The molecular formula is C7H15NO3S. The van der Waals surface area contributed by atoms with Crippen LogP contribution in [0.4, 0.5) is 0 Å². The number of thioether (sulfide) groups is 1. The Morgan fingerprint density at radius 2 is 2.25 bits per heavy atom. The van der Waals surface area contributed by atoms with Crippen LogP contribution in [0.15, 0.2) is 0 Å². The van der Waals surface area contributed by atoms with E-state index >= 15 is 0 Å². The van der Waals surface area contributed by atoms with E-state index in [4.69, 9.17) is 15.6 Å². The largest absolute Gasteiger partial charge is 0.394 e. The highest BCUT2D eigenvalue weighted by atomic mass is 32.2. The summed E-state index contributed by atoms with van der Waals surface area (Å²) < 4.78 is 5.31. The molecule has 0 bridgehead atoms. The van der Waals surface area contributed by atoms with Crippen molar-refractivity contribution in [2.75, 3.05) is 12.4 Å². The predicted octanol–water partition coefficient (Wildman–Crippen LogP) is -0.855. The average molecular weight is 193 g/mol. The minimum atomic E-state index is -0.737. The van der Waals surface area contributed by atoms with Crippen molar-refractivity contribution in [1.82, 2.24) is 0 Å². The molecular weight excluding hydrogens is 178 g/mol. The summed E-state index contributed by atoms with van der Waals surface area (Å²) in [5, 5.41) is 18.2. The molecule has 0 unspecified atom stereocenters. The van der Waals surface area contributed by atoms with Crippen molar-refractivity contribution in [2.45, 2.75) is 30.6 Å². The fourth-order valence-electron chi connectivity index (χ4n) is 1.22. The molecule has 1 aliphatic heterocycles. The quantitative estimate of drug-likeness (QED) is 0.544. The van der Waals surface area contributed by atoms with E-state index in [1.54, 1.807) is 11.8 Å². The molecule has 0 aromatic rings. The smallest absolute Gasteiger partial charge is 0.121 e. The highest BCUT2D eigenvalue weighted by Crippen LogP contribution is 2.27. The monoisotopic (exact) mass is 193 g/mol. The highest BCUT2D eigenvalue weighted by Gasteiger charge is 2.40. The third kappa shape index (κ3) is 1.92. The Labute approximate surface area is 76.1 Å². The standard InChI is InChI=1S/C7H15NO3S/c1-2-12-7-5(8)6(10)4(3-9)11-7/h4-7,9-10H,2-3,8H2,1H3/t4-,5-,6+,7+/m1/s1. The van der Waals surface area contributed by atoms with Crippen molar-refractivity contribution < 1.29 is 14.9 Å². The molecule has 0 aromatic carbocycles. The molecule has 4 atom stereocenters. The van der Waals surface area contributed by atoms with Crippen LogP contribution < -0.4 is 5.73 Å². The molecule has 0 spiro atoms. The van der Waals surface area contributed by atoms with Gasteiger partial charge in [0.2, 0.25) is 0 Å². The number of nitrogens with two attached hydrogens (primary N) is 1. The topological polar surface area (TPSA) is 75.7 Å². The molecule has 0 saturated carbocycles. The summed E-state index contributed by atoms with van der Waals surface area (Å²) in [7, 11) is 0. The minimum absolute atomic E-state index is 0.171. The molecule has 4 N–H and O–H groups in total. The summed E-state index contributed by atoms with van der Waals surface area (Å²) in [6, 6.07) is -0.382. The maximum absolute atomic E-state index is 9.43. The molecule has 72 valence electrons. The van der Waals surface area contributed by atoms with Gasteiger partial charge in [-0.3, -0.25) is 0 Å². The first kappa shape index (κ1) is 10.3. The normalized spacial score (nSPS) is 42.0. The lowest BCUT2D eigenvalue weighted by Crippen LogP contribution is -2.40. The van der Waals surface area contributed by atoms with E-state index in [2.05, 4.69) is 0 Å². The number of ether oxygens (including phenoxy) is 1. The Balaban J connectivity index is 2.48. The fraction of sp³-hybridized carbons (Fsp3) is 1.00. The van der Waals surface area contributed by atoms with E-state index in [1.807, 2.05) is 6.92 Å². The van der Waals surface area contributed by atoms with Crippen molar-refractivity contribution >= 4 is 11.8 Å². The van der Waals surface area contributed by atoms with Crippen LogP contribution in [-0.4, -0.2) is 46.3 Å². The molecule has 1 saturated heterocycles. The van der Waals surface area contributed by atoms with Gasteiger partial charge in [-0.2, -0.15) is 0 Å². The Bertz CT molecular complexity index is 147. The van der Waals surface area contributed by atoms with Gasteiger partial charge in [-0.05, 0) is 5.75 Å². The summed E-state index contributed by atoms with van der Waals surface area (Å²) >= 11 is 1.55. The predicted molar refractivity (Wildman–Crippen MR) is 47.9 cm³/mol. The van der Waals surface area contributed by atoms with Crippen LogP contribution in [0.1, 0.15) is 6.92 Å². The summed E-state index contributed by atoms with van der Waals surface area (Å²) in [6.45, 7) is 1.83. The van der Waals surface area contributed by atoms with Crippen molar-refractivity contribution in [2.24, 2.45) is 5.73 Å². The van der Waals surface area contributed by atoms with Crippen molar-refractivity contribution in [1.29, 1.82) is 0 Å². The van der Waals surface area contributed by atoms with Gasteiger partial charge in [0.25, 0.3) is 0 Å². The van der Waals surface area contributed by atoms with Gasteiger partial charge in [-0.15, -0.1) is 11.8 Å². The van der Waals surface area contributed by atoms with Gasteiger partial charge >= 0.3 is 0 Å². The van der Waals surface area contributed by atoms with Gasteiger partial charge in [0, 0.05) is 0 Å². The Morgan fingerprint density at radius 3 is 2.67 bits per heavy atom. The molecule has 1 rings (SSSR count). The Hall–Kier alpha value is 0.190. The third-order valence-corrected chi connectivity index (χ3v) is 3.00. The zero-order chi connectivity index (χ0) is 9.14. The number of rotatable bonds is 3. The maximum Gasteiger partial charge on any atom is 0.121 e. The average Bonchev–Trinajstić information content (AvgIpc) is 2.33. The zero-order valence-electron chi connectivity index (χ0n) is 7.01. The van der Waals surface area contributed by atoms with Crippen LogP contribution in [0.3, 0.4) is 0 Å². The van der Waals surface area contributed by atoms with Crippen LogP contribution in [0.5, 0.6) is 0 Å². The molecule has 1 heterocycles. The van der Waals surface area contributed by atoms with Crippen molar-refractivity contribution in [3.8, 4) is 0 Å². The molecule has 0 radical (unpaired) electrons. The molecule has 1 aliphatic rings. The van der Waals surface area contributed by atoms with E-state index in [0.29, 0.717) is 0 Å². The van der Waals surface area contributed by atoms with Gasteiger partial charge in [-0.1, -0.05) is 6.92 Å². The molecule has 5 heteroatoms. The third-order valence-electron chi connectivity index (χ3n) is 1.91. The maximum atomic E-state index is 9.43. The van der Waals surface area contributed by atoms with Crippen molar-refractivity contribution in [3.05, 3.63) is 0 Å². The molecule has 12 heavy (non-hydrogen) atoms. The first-order chi connectivity index (χ1) is 5.70.